The van der Waals surface area contributed by atoms with Crippen molar-refractivity contribution in [1.82, 2.24) is 19.7 Å². The van der Waals surface area contributed by atoms with Crippen LogP contribution in [-0.2, 0) is 11.8 Å². The molecule has 2 aromatic heterocycles. The first-order valence-electron chi connectivity index (χ1n) is 6.56. The minimum atomic E-state index is -0.164. The third-order valence-corrected chi connectivity index (χ3v) is 3.79. The van der Waals surface area contributed by atoms with Crippen LogP contribution in [0.3, 0.4) is 0 Å². The van der Waals surface area contributed by atoms with E-state index in [1.54, 1.807) is 17.9 Å². The molecule has 0 aliphatic carbocycles. The molecule has 1 amide bonds. The molecule has 3 rings (SSSR count). The number of nitrogens with zero attached hydrogens (tertiary/aromatic N) is 4. The van der Waals surface area contributed by atoms with Gasteiger partial charge in [-0.05, 0) is 28.1 Å². The zero-order valence-corrected chi connectivity index (χ0v) is 13.3. The molecular weight excluding hydrogens is 348 g/mol. The number of carbonyl (C=O) groups is 1. The molecule has 0 aliphatic heterocycles. The highest BCUT2D eigenvalue weighted by molar-refractivity contribution is 9.10. The maximum atomic E-state index is 12.0. The number of nitrogens with one attached hydrogen (secondary N) is 2. The molecule has 0 aliphatic rings. The smallest absolute Gasteiger partial charge is 0.243 e. The Morgan fingerprint density at radius 1 is 1.32 bits per heavy atom. The summed E-state index contributed by atoms with van der Waals surface area (Å²) in [5.74, 6) is 0.419. The van der Waals surface area contributed by atoms with Crippen molar-refractivity contribution in [2.75, 3.05) is 17.2 Å². The molecule has 7 nitrogen and oxygen atoms in total. The highest BCUT2D eigenvalue weighted by Gasteiger charge is 2.09. The van der Waals surface area contributed by atoms with E-state index in [1.165, 1.54) is 6.33 Å². The van der Waals surface area contributed by atoms with Crippen molar-refractivity contribution in [3.63, 3.8) is 0 Å². The molecule has 3 aromatic rings. The summed E-state index contributed by atoms with van der Waals surface area (Å²) in [6.45, 7) is 0.0995. The van der Waals surface area contributed by atoms with Crippen LogP contribution in [0.1, 0.15) is 0 Å². The lowest BCUT2D eigenvalue weighted by molar-refractivity contribution is -0.114. The van der Waals surface area contributed by atoms with Crippen LogP contribution in [0.5, 0.6) is 0 Å². The van der Waals surface area contributed by atoms with E-state index in [-0.39, 0.29) is 12.5 Å². The molecule has 0 unspecified atom stereocenters. The zero-order valence-electron chi connectivity index (χ0n) is 11.7. The van der Waals surface area contributed by atoms with E-state index in [4.69, 9.17) is 0 Å². The van der Waals surface area contributed by atoms with Crippen LogP contribution in [0.15, 0.2) is 41.3 Å². The number of rotatable bonds is 4. The van der Waals surface area contributed by atoms with Crippen LogP contribution in [0.2, 0.25) is 0 Å². The molecule has 22 heavy (non-hydrogen) atoms. The number of anilines is 2. The van der Waals surface area contributed by atoms with Gasteiger partial charge in [-0.25, -0.2) is 9.97 Å². The molecule has 112 valence electrons. The Hall–Kier alpha value is -2.48. The van der Waals surface area contributed by atoms with Crippen molar-refractivity contribution in [2.24, 2.45) is 7.05 Å². The van der Waals surface area contributed by atoms with Crippen molar-refractivity contribution in [3.05, 3.63) is 41.3 Å². The first kappa shape index (κ1) is 14.5. The van der Waals surface area contributed by atoms with Crippen LogP contribution < -0.4 is 10.6 Å². The van der Waals surface area contributed by atoms with Crippen LogP contribution in [0.25, 0.3) is 11.0 Å². The van der Waals surface area contributed by atoms with Gasteiger partial charge in [0.2, 0.25) is 5.91 Å². The summed E-state index contributed by atoms with van der Waals surface area (Å²) < 4.78 is 2.49. The predicted octanol–water partition coefficient (Wildman–Crippen LogP) is 2.18. The van der Waals surface area contributed by atoms with E-state index < -0.39 is 0 Å². The first-order chi connectivity index (χ1) is 10.6. The fourth-order valence-corrected chi connectivity index (χ4v) is 2.41. The van der Waals surface area contributed by atoms with E-state index >= 15 is 0 Å². The third kappa shape index (κ3) is 2.91. The number of aryl methyl sites for hydroxylation is 1. The third-order valence-electron chi connectivity index (χ3n) is 3.09. The van der Waals surface area contributed by atoms with Crippen molar-refractivity contribution < 1.29 is 4.79 Å². The van der Waals surface area contributed by atoms with Crippen molar-refractivity contribution in [2.45, 2.75) is 0 Å². The summed E-state index contributed by atoms with van der Waals surface area (Å²) in [5.41, 5.74) is 1.44. The van der Waals surface area contributed by atoms with Crippen LogP contribution >= 0.6 is 15.9 Å². The van der Waals surface area contributed by atoms with Gasteiger partial charge < -0.3 is 10.6 Å². The summed E-state index contributed by atoms with van der Waals surface area (Å²) in [5, 5.41) is 10.7. The lowest BCUT2D eigenvalue weighted by Gasteiger charge is -2.09. The van der Waals surface area contributed by atoms with Gasteiger partial charge in [0.05, 0.1) is 23.8 Å². The summed E-state index contributed by atoms with van der Waals surface area (Å²) in [4.78, 5) is 20.3. The zero-order chi connectivity index (χ0) is 15.5. The molecule has 2 heterocycles. The van der Waals surface area contributed by atoms with E-state index in [0.717, 1.165) is 15.5 Å². The number of carbonyl (C=O) groups excluding carboxylic acids is 1. The summed E-state index contributed by atoms with van der Waals surface area (Å²) in [6.07, 6.45) is 3.11. The van der Waals surface area contributed by atoms with Gasteiger partial charge in [0.25, 0.3) is 0 Å². The Balaban J connectivity index is 1.69. The number of aromatic nitrogens is 4. The molecule has 0 saturated heterocycles. The molecule has 0 bridgehead atoms. The van der Waals surface area contributed by atoms with Crippen LogP contribution in [-0.4, -0.2) is 32.2 Å². The standard InChI is InChI=1S/C14H13BrN6O/c1-21-14-9(6-19-21)13(17-8-18-14)16-7-12(22)20-11-5-3-2-4-10(11)15/h2-6,8H,7H2,1H3,(H,20,22)(H,16,17,18). The molecular formula is C14H13BrN6O. The highest BCUT2D eigenvalue weighted by atomic mass is 79.9. The molecule has 0 atom stereocenters. The number of para-hydroxylation sites is 1. The monoisotopic (exact) mass is 360 g/mol. The fourth-order valence-electron chi connectivity index (χ4n) is 2.02. The van der Waals surface area contributed by atoms with Crippen LogP contribution in [0, 0.1) is 0 Å². The van der Waals surface area contributed by atoms with Gasteiger partial charge in [-0.2, -0.15) is 5.10 Å². The van der Waals surface area contributed by atoms with Gasteiger partial charge in [-0.1, -0.05) is 12.1 Å². The van der Waals surface area contributed by atoms with Gasteiger partial charge in [0.15, 0.2) is 5.65 Å². The maximum Gasteiger partial charge on any atom is 0.243 e. The van der Waals surface area contributed by atoms with Gasteiger partial charge in [0, 0.05) is 11.5 Å². The normalized spacial score (nSPS) is 10.6. The van der Waals surface area contributed by atoms with E-state index in [2.05, 4.69) is 41.6 Å². The number of hydrogen-bond acceptors (Lipinski definition) is 5. The van der Waals surface area contributed by atoms with Gasteiger partial charge >= 0.3 is 0 Å². The molecule has 0 spiro atoms. The van der Waals surface area contributed by atoms with E-state index in [9.17, 15) is 4.79 Å². The predicted molar refractivity (Wildman–Crippen MR) is 87.6 cm³/mol. The Labute approximate surface area is 134 Å². The summed E-state index contributed by atoms with van der Waals surface area (Å²) in [7, 11) is 1.80. The molecule has 0 fully saturated rings. The lowest BCUT2D eigenvalue weighted by Crippen LogP contribution is -2.22. The quantitative estimate of drug-likeness (QED) is 0.744. The molecule has 0 radical (unpaired) electrons. The van der Waals surface area contributed by atoms with Crippen molar-refractivity contribution in [1.29, 1.82) is 0 Å². The number of halogens is 1. The first-order valence-corrected chi connectivity index (χ1v) is 7.35. The maximum absolute atomic E-state index is 12.0. The molecule has 2 N–H and O–H groups in total. The van der Waals surface area contributed by atoms with E-state index in [0.29, 0.717) is 11.5 Å². The Morgan fingerprint density at radius 3 is 2.95 bits per heavy atom. The number of fused-ring (bicyclic) bond motifs is 1. The molecule has 1 aromatic carbocycles. The highest BCUT2D eigenvalue weighted by Crippen LogP contribution is 2.21. The minimum Gasteiger partial charge on any atom is -0.360 e. The second-order valence-corrected chi connectivity index (χ2v) is 5.46. The van der Waals surface area contributed by atoms with Crippen LogP contribution in [0.4, 0.5) is 11.5 Å². The second-order valence-electron chi connectivity index (χ2n) is 4.61. The summed E-state index contributed by atoms with van der Waals surface area (Å²) >= 11 is 3.39. The average molecular weight is 361 g/mol. The number of amides is 1. The molecule has 0 saturated carbocycles. The Morgan fingerprint density at radius 2 is 2.14 bits per heavy atom. The minimum absolute atomic E-state index is 0.0995. The van der Waals surface area contributed by atoms with Gasteiger partial charge in [-0.15, -0.1) is 0 Å². The summed E-state index contributed by atoms with van der Waals surface area (Å²) in [6, 6.07) is 7.44. The lowest BCUT2D eigenvalue weighted by atomic mass is 10.3. The van der Waals surface area contributed by atoms with Gasteiger partial charge in [0.1, 0.15) is 12.1 Å². The average Bonchev–Trinajstić information content (AvgIpc) is 2.90. The fraction of sp³-hybridized carbons (Fsp3) is 0.143. The van der Waals surface area contributed by atoms with Crippen molar-refractivity contribution in [3.8, 4) is 0 Å². The molecule has 8 heteroatoms. The largest absolute Gasteiger partial charge is 0.360 e. The topological polar surface area (TPSA) is 84.7 Å². The Bertz CT molecular complexity index is 831. The Kier molecular flexibility index (Phi) is 4.01. The van der Waals surface area contributed by atoms with Gasteiger partial charge in [-0.3, -0.25) is 9.48 Å². The second kappa shape index (κ2) is 6.10. The number of benzene rings is 1. The van der Waals surface area contributed by atoms with Crippen molar-refractivity contribution >= 4 is 44.4 Å². The number of hydrogen-bond donors (Lipinski definition) is 2. The SMILES string of the molecule is Cn1ncc2c(NCC(=O)Nc3ccccc3Br)ncnc21. The van der Waals surface area contributed by atoms with E-state index in [1.807, 2.05) is 24.3 Å².